The van der Waals surface area contributed by atoms with E-state index in [1.807, 2.05) is 5.51 Å². The van der Waals surface area contributed by atoms with Crippen molar-refractivity contribution in [2.24, 2.45) is 0 Å². The molecule has 1 N–H and O–H groups in total. The lowest BCUT2D eigenvalue weighted by atomic mass is 10.1. The van der Waals surface area contributed by atoms with Gasteiger partial charge in [-0.05, 0) is 31.0 Å². The Hall–Kier alpha value is -1.35. The number of thiazole rings is 1. The molecule has 18 heavy (non-hydrogen) atoms. The number of nitrogens with one attached hydrogen (secondary N) is 1. The lowest BCUT2D eigenvalue weighted by Gasteiger charge is -2.07. The van der Waals surface area contributed by atoms with Crippen molar-refractivity contribution in [3.8, 4) is 0 Å². The van der Waals surface area contributed by atoms with Gasteiger partial charge in [0.2, 0.25) is 0 Å². The first-order valence-corrected chi connectivity index (χ1v) is 7.39. The Morgan fingerprint density at radius 3 is 2.56 bits per heavy atom. The van der Waals surface area contributed by atoms with Crippen molar-refractivity contribution in [1.82, 2.24) is 4.98 Å². The number of nitrogens with zero attached hydrogens (tertiary/aromatic N) is 1. The van der Waals surface area contributed by atoms with Gasteiger partial charge in [0.15, 0.2) is 0 Å². The van der Waals surface area contributed by atoms with Crippen LogP contribution in [0.5, 0.6) is 0 Å². The first kappa shape index (κ1) is 13.1. The van der Waals surface area contributed by atoms with E-state index in [-0.39, 0.29) is 0 Å². The third-order valence-corrected chi connectivity index (χ3v) is 4.01. The van der Waals surface area contributed by atoms with Crippen LogP contribution in [0.25, 0.3) is 0 Å². The van der Waals surface area contributed by atoms with E-state index in [9.17, 15) is 0 Å². The Labute approximate surface area is 113 Å². The molecule has 0 aliphatic carbocycles. The normalized spacial score (nSPS) is 10.6. The smallest absolute Gasteiger partial charge is 0.0797 e. The molecule has 0 bridgehead atoms. The van der Waals surface area contributed by atoms with Crippen molar-refractivity contribution < 1.29 is 0 Å². The van der Waals surface area contributed by atoms with Gasteiger partial charge < -0.3 is 5.32 Å². The summed E-state index contributed by atoms with van der Waals surface area (Å²) in [6.07, 6.45) is 3.42. The molecule has 2 rings (SSSR count). The van der Waals surface area contributed by atoms with Crippen molar-refractivity contribution in [2.45, 2.75) is 33.1 Å². The number of aromatic nitrogens is 1. The van der Waals surface area contributed by atoms with E-state index in [1.165, 1.54) is 34.7 Å². The molecule has 0 aliphatic rings. The highest BCUT2D eigenvalue weighted by Gasteiger charge is 2.00. The summed E-state index contributed by atoms with van der Waals surface area (Å²) in [6, 6.07) is 8.77. The molecule has 0 aliphatic heterocycles. The van der Waals surface area contributed by atoms with Crippen LogP contribution in [0.3, 0.4) is 0 Å². The molecule has 0 unspecified atom stereocenters. The largest absolute Gasteiger partial charge is 0.385 e. The van der Waals surface area contributed by atoms with Crippen molar-refractivity contribution in [3.63, 3.8) is 0 Å². The summed E-state index contributed by atoms with van der Waals surface area (Å²) in [5.74, 6) is 0. The van der Waals surface area contributed by atoms with E-state index in [2.05, 4.69) is 48.4 Å². The summed E-state index contributed by atoms with van der Waals surface area (Å²) in [4.78, 5) is 5.64. The minimum absolute atomic E-state index is 0.968. The molecular formula is C15H20N2S. The quantitative estimate of drug-likeness (QED) is 0.847. The molecule has 0 fully saturated rings. The maximum Gasteiger partial charge on any atom is 0.0797 e. The molecule has 2 aromatic rings. The van der Waals surface area contributed by atoms with E-state index in [0.717, 1.165) is 13.0 Å². The SMILES string of the molecule is CCCc1ccc(NCCc2scnc2C)cc1. The van der Waals surface area contributed by atoms with Crippen LogP contribution in [0.1, 0.15) is 29.5 Å². The topological polar surface area (TPSA) is 24.9 Å². The summed E-state index contributed by atoms with van der Waals surface area (Å²) in [7, 11) is 0. The lowest BCUT2D eigenvalue weighted by molar-refractivity contribution is 0.921. The average Bonchev–Trinajstić information content (AvgIpc) is 2.78. The summed E-state index contributed by atoms with van der Waals surface area (Å²) < 4.78 is 0. The maximum absolute atomic E-state index is 4.27. The number of anilines is 1. The fraction of sp³-hybridized carbons (Fsp3) is 0.400. The van der Waals surface area contributed by atoms with E-state index >= 15 is 0 Å². The zero-order chi connectivity index (χ0) is 12.8. The molecule has 96 valence electrons. The molecule has 0 amide bonds. The first-order chi connectivity index (χ1) is 8.79. The van der Waals surface area contributed by atoms with Gasteiger partial charge in [-0.1, -0.05) is 25.5 Å². The van der Waals surface area contributed by atoms with Crippen molar-refractivity contribution in [2.75, 3.05) is 11.9 Å². The molecule has 2 nitrogen and oxygen atoms in total. The molecule has 1 aromatic carbocycles. The maximum atomic E-state index is 4.27. The predicted octanol–water partition coefficient (Wildman–Crippen LogP) is 4.06. The van der Waals surface area contributed by atoms with E-state index in [0.29, 0.717) is 0 Å². The van der Waals surface area contributed by atoms with Crippen LogP contribution in [0.2, 0.25) is 0 Å². The summed E-state index contributed by atoms with van der Waals surface area (Å²) in [6.45, 7) is 5.26. The highest BCUT2D eigenvalue weighted by Crippen LogP contribution is 2.14. The van der Waals surface area contributed by atoms with Crippen molar-refractivity contribution >= 4 is 17.0 Å². The van der Waals surface area contributed by atoms with Crippen molar-refractivity contribution in [3.05, 3.63) is 45.9 Å². The van der Waals surface area contributed by atoms with Gasteiger partial charge in [0, 0.05) is 23.5 Å². The van der Waals surface area contributed by atoms with Crippen LogP contribution in [-0.4, -0.2) is 11.5 Å². The van der Waals surface area contributed by atoms with Crippen molar-refractivity contribution in [1.29, 1.82) is 0 Å². The summed E-state index contributed by atoms with van der Waals surface area (Å²) >= 11 is 1.74. The van der Waals surface area contributed by atoms with Gasteiger partial charge in [0.25, 0.3) is 0 Å². The minimum atomic E-state index is 0.968. The van der Waals surface area contributed by atoms with Crippen LogP contribution in [0, 0.1) is 6.92 Å². The molecule has 0 spiro atoms. The van der Waals surface area contributed by atoms with Gasteiger partial charge in [0.05, 0.1) is 11.2 Å². The molecule has 0 saturated heterocycles. The Kier molecular flexibility index (Phi) is 4.76. The first-order valence-electron chi connectivity index (χ1n) is 6.51. The van der Waals surface area contributed by atoms with Gasteiger partial charge in [-0.3, -0.25) is 0 Å². The second-order valence-corrected chi connectivity index (χ2v) is 5.42. The van der Waals surface area contributed by atoms with E-state index in [4.69, 9.17) is 0 Å². The molecule has 1 aromatic heterocycles. The van der Waals surface area contributed by atoms with E-state index in [1.54, 1.807) is 11.3 Å². The van der Waals surface area contributed by atoms with Crippen LogP contribution in [0.4, 0.5) is 5.69 Å². The minimum Gasteiger partial charge on any atom is -0.385 e. The van der Waals surface area contributed by atoms with E-state index < -0.39 is 0 Å². The molecule has 1 heterocycles. The monoisotopic (exact) mass is 260 g/mol. The zero-order valence-corrected chi connectivity index (χ0v) is 11.9. The third-order valence-electron chi connectivity index (χ3n) is 3.02. The standard InChI is InChI=1S/C15H20N2S/c1-3-4-13-5-7-14(8-6-13)16-10-9-15-12(2)17-11-18-15/h5-8,11,16H,3-4,9-10H2,1-2H3. The van der Waals surface area contributed by atoms with Gasteiger partial charge in [-0.2, -0.15) is 0 Å². The van der Waals surface area contributed by atoms with Crippen LogP contribution in [0.15, 0.2) is 29.8 Å². The summed E-state index contributed by atoms with van der Waals surface area (Å²) in [5.41, 5.74) is 5.71. The summed E-state index contributed by atoms with van der Waals surface area (Å²) in [5, 5.41) is 3.46. The highest BCUT2D eigenvalue weighted by atomic mass is 32.1. The number of benzene rings is 1. The molecule has 0 atom stereocenters. The highest BCUT2D eigenvalue weighted by molar-refractivity contribution is 7.09. The Morgan fingerprint density at radius 2 is 1.94 bits per heavy atom. The number of hydrogen-bond donors (Lipinski definition) is 1. The zero-order valence-electron chi connectivity index (χ0n) is 11.1. The molecule has 0 saturated carbocycles. The third kappa shape index (κ3) is 3.57. The Bertz CT molecular complexity index is 473. The number of hydrogen-bond acceptors (Lipinski definition) is 3. The molecule has 0 radical (unpaired) electrons. The van der Waals surface area contributed by atoms with Crippen LogP contribution < -0.4 is 5.32 Å². The second kappa shape index (κ2) is 6.55. The average molecular weight is 260 g/mol. The molecular weight excluding hydrogens is 240 g/mol. The Morgan fingerprint density at radius 1 is 1.17 bits per heavy atom. The predicted molar refractivity (Wildman–Crippen MR) is 79.5 cm³/mol. The number of rotatable bonds is 6. The van der Waals surface area contributed by atoms with Crippen LogP contribution in [-0.2, 0) is 12.8 Å². The second-order valence-electron chi connectivity index (χ2n) is 4.48. The van der Waals surface area contributed by atoms with Gasteiger partial charge >= 0.3 is 0 Å². The number of aryl methyl sites for hydroxylation is 2. The van der Waals surface area contributed by atoms with Gasteiger partial charge in [0.1, 0.15) is 0 Å². The molecule has 3 heteroatoms. The fourth-order valence-electron chi connectivity index (χ4n) is 1.96. The van der Waals surface area contributed by atoms with Gasteiger partial charge in [-0.25, -0.2) is 4.98 Å². The van der Waals surface area contributed by atoms with Crippen LogP contribution >= 0.6 is 11.3 Å². The lowest BCUT2D eigenvalue weighted by Crippen LogP contribution is -2.04. The van der Waals surface area contributed by atoms with Gasteiger partial charge in [-0.15, -0.1) is 11.3 Å². The Balaban J connectivity index is 1.81. The fourth-order valence-corrected chi connectivity index (χ4v) is 2.75.